The van der Waals surface area contributed by atoms with Gasteiger partial charge in [0.2, 0.25) is 0 Å². The number of nitrogens with two attached hydrogens (primary N) is 1. The number of ether oxygens (including phenoxy) is 1. The summed E-state index contributed by atoms with van der Waals surface area (Å²) in [4.78, 5) is 0. The largest absolute Gasteiger partial charge is 0.490 e. The van der Waals surface area contributed by atoms with Crippen LogP contribution in [0.4, 0.5) is 0 Å². The van der Waals surface area contributed by atoms with Crippen molar-refractivity contribution in [3.63, 3.8) is 0 Å². The molecule has 0 radical (unpaired) electrons. The molecule has 0 aliphatic heterocycles. The van der Waals surface area contributed by atoms with E-state index in [9.17, 15) is 0 Å². The van der Waals surface area contributed by atoms with Gasteiger partial charge in [-0.15, -0.1) is 0 Å². The summed E-state index contributed by atoms with van der Waals surface area (Å²) in [6.45, 7) is 2.88. The van der Waals surface area contributed by atoms with Crippen LogP contribution in [0.25, 0.3) is 0 Å². The third-order valence-corrected chi connectivity index (χ3v) is 2.67. The summed E-state index contributed by atoms with van der Waals surface area (Å²) < 4.78 is 5.90. The van der Waals surface area contributed by atoms with Gasteiger partial charge in [-0.1, -0.05) is 31.0 Å². The minimum absolute atomic E-state index is 0.256. The monoisotopic (exact) mass is 241 g/mol. The van der Waals surface area contributed by atoms with Crippen molar-refractivity contribution in [3.05, 3.63) is 29.3 Å². The van der Waals surface area contributed by atoms with E-state index in [4.69, 9.17) is 22.1 Å². The van der Waals surface area contributed by atoms with Crippen LogP contribution in [0.5, 0.6) is 5.75 Å². The van der Waals surface area contributed by atoms with Gasteiger partial charge in [-0.3, -0.25) is 0 Å². The molecule has 1 aromatic rings. The van der Waals surface area contributed by atoms with E-state index in [1.807, 2.05) is 24.3 Å². The number of halogens is 1. The highest BCUT2D eigenvalue weighted by Crippen LogP contribution is 2.20. The lowest BCUT2D eigenvalue weighted by Crippen LogP contribution is -2.17. The molecular formula is C13H20ClNO. The molecule has 2 nitrogen and oxygen atoms in total. The Labute approximate surface area is 103 Å². The molecular weight excluding hydrogens is 222 g/mol. The molecule has 0 unspecified atom stereocenters. The Balaban J connectivity index is 2.52. The van der Waals surface area contributed by atoms with Crippen molar-refractivity contribution in [1.29, 1.82) is 0 Å². The van der Waals surface area contributed by atoms with Crippen molar-refractivity contribution in [3.8, 4) is 5.75 Å². The lowest BCUT2D eigenvalue weighted by atomic mass is 10.1. The summed E-state index contributed by atoms with van der Waals surface area (Å²) in [6, 6.07) is 7.55. The molecule has 0 fully saturated rings. The van der Waals surface area contributed by atoms with Crippen LogP contribution in [-0.4, -0.2) is 12.6 Å². The molecule has 2 N–H and O–H groups in total. The van der Waals surface area contributed by atoms with Gasteiger partial charge in [0.15, 0.2) is 0 Å². The van der Waals surface area contributed by atoms with Gasteiger partial charge in [-0.25, -0.2) is 0 Å². The predicted molar refractivity (Wildman–Crippen MR) is 69.1 cm³/mol. The number of hydrogen-bond donors (Lipinski definition) is 1. The van der Waals surface area contributed by atoms with Gasteiger partial charge >= 0.3 is 0 Å². The lowest BCUT2D eigenvalue weighted by molar-refractivity contribution is 0.178. The second-order valence-corrected chi connectivity index (χ2v) is 4.35. The zero-order chi connectivity index (χ0) is 11.8. The van der Waals surface area contributed by atoms with Gasteiger partial charge in [0.25, 0.3) is 0 Å². The Morgan fingerprint density at radius 2 is 2.19 bits per heavy atom. The number of rotatable bonds is 7. The van der Waals surface area contributed by atoms with Crippen molar-refractivity contribution in [2.45, 2.75) is 38.7 Å². The Bertz CT molecular complexity index is 304. The highest BCUT2D eigenvalue weighted by molar-refractivity contribution is 6.30. The summed E-state index contributed by atoms with van der Waals surface area (Å²) in [7, 11) is 0. The fraction of sp³-hybridized carbons (Fsp3) is 0.538. The minimum Gasteiger partial charge on any atom is -0.490 e. The van der Waals surface area contributed by atoms with E-state index < -0.39 is 0 Å². The first-order chi connectivity index (χ1) is 7.76. The molecule has 0 aliphatic rings. The molecule has 1 aromatic carbocycles. The molecule has 0 aromatic heterocycles. The Morgan fingerprint density at radius 3 is 2.81 bits per heavy atom. The first-order valence-electron chi connectivity index (χ1n) is 5.88. The molecule has 3 heteroatoms. The third kappa shape index (κ3) is 4.86. The molecule has 0 spiro atoms. The van der Waals surface area contributed by atoms with Crippen molar-refractivity contribution in [1.82, 2.24) is 0 Å². The quantitative estimate of drug-likeness (QED) is 0.791. The predicted octanol–water partition coefficient (Wildman–Crippen LogP) is 3.63. The molecule has 0 saturated heterocycles. The van der Waals surface area contributed by atoms with E-state index in [0.29, 0.717) is 5.02 Å². The highest BCUT2D eigenvalue weighted by atomic mass is 35.5. The summed E-state index contributed by atoms with van der Waals surface area (Å²) in [6.07, 6.45) is 4.46. The molecule has 90 valence electrons. The molecule has 0 aliphatic carbocycles. The highest BCUT2D eigenvalue weighted by Gasteiger charge is 2.09. The maximum Gasteiger partial charge on any atom is 0.121 e. The van der Waals surface area contributed by atoms with Crippen molar-refractivity contribution < 1.29 is 4.74 Å². The summed E-state index contributed by atoms with van der Waals surface area (Å²) >= 11 is 5.91. The molecule has 1 rings (SSSR count). The standard InChI is InChI=1S/C13H20ClNO/c1-2-5-12(8-4-9-15)16-13-7-3-6-11(14)10-13/h3,6-7,10,12H,2,4-5,8-9,15H2,1H3/t12-/m0/s1. The van der Waals surface area contributed by atoms with Gasteiger partial charge in [0.05, 0.1) is 6.10 Å². The normalized spacial score (nSPS) is 12.4. The van der Waals surface area contributed by atoms with Gasteiger partial charge in [-0.2, -0.15) is 0 Å². The summed E-state index contributed by atoms with van der Waals surface area (Å²) in [5, 5.41) is 0.714. The number of benzene rings is 1. The lowest BCUT2D eigenvalue weighted by Gasteiger charge is -2.18. The van der Waals surface area contributed by atoms with Gasteiger partial charge in [0.1, 0.15) is 5.75 Å². The Morgan fingerprint density at radius 1 is 1.38 bits per heavy atom. The molecule has 16 heavy (non-hydrogen) atoms. The summed E-state index contributed by atoms with van der Waals surface area (Å²) in [5.41, 5.74) is 5.51. The second-order valence-electron chi connectivity index (χ2n) is 3.92. The van der Waals surface area contributed by atoms with E-state index >= 15 is 0 Å². The fourth-order valence-corrected chi connectivity index (χ4v) is 1.84. The summed E-state index contributed by atoms with van der Waals surface area (Å²) in [5.74, 6) is 0.850. The van der Waals surface area contributed by atoms with Gasteiger partial charge in [0, 0.05) is 5.02 Å². The average Bonchev–Trinajstić information content (AvgIpc) is 2.26. The van der Waals surface area contributed by atoms with Crippen LogP contribution in [0.1, 0.15) is 32.6 Å². The van der Waals surface area contributed by atoms with Crippen LogP contribution in [0, 0.1) is 0 Å². The maximum absolute atomic E-state index is 5.91. The molecule has 0 bridgehead atoms. The first kappa shape index (κ1) is 13.3. The van der Waals surface area contributed by atoms with Gasteiger partial charge in [-0.05, 0) is 44.0 Å². The van der Waals surface area contributed by atoms with Crippen LogP contribution >= 0.6 is 11.6 Å². The van der Waals surface area contributed by atoms with Gasteiger partial charge < -0.3 is 10.5 Å². The van der Waals surface area contributed by atoms with E-state index in [2.05, 4.69) is 6.92 Å². The zero-order valence-electron chi connectivity index (χ0n) is 9.79. The van der Waals surface area contributed by atoms with E-state index in [0.717, 1.165) is 38.0 Å². The third-order valence-electron chi connectivity index (χ3n) is 2.44. The maximum atomic E-state index is 5.91. The fourth-order valence-electron chi connectivity index (χ4n) is 1.66. The van der Waals surface area contributed by atoms with E-state index in [1.54, 1.807) is 0 Å². The average molecular weight is 242 g/mol. The second kappa shape index (κ2) is 7.53. The van der Waals surface area contributed by atoms with Crippen molar-refractivity contribution in [2.24, 2.45) is 5.73 Å². The minimum atomic E-state index is 0.256. The topological polar surface area (TPSA) is 35.2 Å². The Kier molecular flexibility index (Phi) is 6.27. The van der Waals surface area contributed by atoms with Crippen LogP contribution < -0.4 is 10.5 Å². The Hall–Kier alpha value is -0.730. The molecule has 0 saturated carbocycles. The van der Waals surface area contributed by atoms with E-state index in [-0.39, 0.29) is 6.10 Å². The van der Waals surface area contributed by atoms with E-state index in [1.165, 1.54) is 0 Å². The van der Waals surface area contributed by atoms with Crippen LogP contribution in [-0.2, 0) is 0 Å². The zero-order valence-corrected chi connectivity index (χ0v) is 10.5. The van der Waals surface area contributed by atoms with Crippen LogP contribution in [0.15, 0.2) is 24.3 Å². The van der Waals surface area contributed by atoms with Crippen molar-refractivity contribution >= 4 is 11.6 Å². The molecule has 0 amide bonds. The molecule has 0 heterocycles. The van der Waals surface area contributed by atoms with Crippen molar-refractivity contribution in [2.75, 3.05) is 6.54 Å². The first-order valence-corrected chi connectivity index (χ1v) is 6.26. The SMILES string of the molecule is CCC[C@@H](CCCN)Oc1cccc(Cl)c1. The van der Waals surface area contributed by atoms with Crippen LogP contribution in [0.3, 0.4) is 0 Å². The molecule has 1 atom stereocenters. The smallest absolute Gasteiger partial charge is 0.121 e. The van der Waals surface area contributed by atoms with Crippen LogP contribution in [0.2, 0.25) is 5.02 Å². The number of hydrogen-bond acceptors (Lipinski definition) is 2.